The first-order chi connectivity index (χ1) is 8.30. The summed E-state index contributed by atoms with van der Waals surface area (Å²) < 4.78 is 0. The van der Waals surface area contributed by atoms with Gasteiger partial charge in [0.1, 0.15) is 6.04 Å². The quantitative estimate of drug-likeness (QED) is 0.772. The van der Waals surface area contributed by atoms with Gasteiger partial charge in [-0.1, -0.05) is 20.8 Å². The molecule has 0 aromatic carbocycles. The second kappa shape index (κ2) is 5.81. The third kappa shape index (κ3) is 4.33. The molecule has 0 aliphatic heterocycles. The van der Waals surface area contributed by atoms with Crippen LogP contribution < -0.4 is 10.6 Å². The van der Waals surface area contributed by atoms with Crippen LogP contribution in [0.5, 0.6) is 0 Å². The molecule has 1 heterocycles. The Morgan fingerprint density at radius 2 is 2.17 bits per heavy atom. The number of nitrogens with one attached hydrogen (secondary N) is 2. The van der Waals surface area contributed by atoms with Gasteiger partial charge in [-0.25, -0.2) is 9.59 Å². The summed E-state index contributed by atoms with van der Waals surface area (Å²) in [7, 11) is 0. The molecule has 100 valence electrons. The number of carboxylic acids is 1. The summed E-state index contributed by atoms with van der Waals surface area (Å²) >= 11 is 1.43. The number of carboxylic acid groups (broad SMARTS) is 1. The van der Waals surface area contributed by atoms with Crippen LogP contribution in [0.25, 0.3) is 0 Å². The minimum atomic E-state index is -1.05. The number of carbonyl (C=O) groups excluding carboxylic acids is 1. The number of aromatic nitrogens is 1. The molecule has 0 aliphatic carbocycles. The lowest BCUT2D eigenvalue weighted by Gasteiger charge is -2.27. The van der Waals surface area contributed by atoms with E-state index in [1.807, 2.05) is 0 Å². The molecule has 0 bridgehead atoms. The third-order valence-corrected chi connectivity index (χ3v) is 3.07. The van der Waals surface area contributed by atoms with Gasteiger partial charge in [0.15, 0.2) is 0 Å². The molecule has 18 heavy (non-hydrogen) atoms. The molecule has 0 saturated carbocycles. The predicted octanol–water partition coefficient (Wildman–Crippen LogP) is 1.44. The van der Waals surface area contributed by atoms with Gasteiger partial charge in [-0.2, -0.15) is 0 Å². The van der Waals surface area contributed by atoms with Crippen molar-refractivity contribution >= 4 is 23.3 Å². The minimum Gasteiger partial charge on any atom is -0.480 e. The first-order valence-corrected chi connectivity index (χ1v) is 6.33. The summed E-state index contributed by atoms with van der Waals surface area (Å²) in [5, 5.41) is 14.1. The van der Waals surface area contributed by atoms with E-state index in [0.717, 1.165) is 4.88 Å². The van der Waals surface area contributed by atoms with Crippen LogP contribution in [-0.4, -0.2) is 28.1 Å². The second-order valence-electron chi connectivity index (χ2n) is 4.93. The van der Waals surface area contributed by atoms with Crippen molar-refractivity contribution in [1.82, 2.24) is 15.6 Å². The number of thiazole rings is 1. The molecule has 0 spiro atoms. The largest absolute Gasteiger partial charge is 0.480 e. The molecule has 0 fully saturated rings. The van der Waals surface area contributed by atoms with E-state index in [-0.39, 0.29) is 0 Å². The van der Waals surface area contributed by atoms with E-state index >= 15 is 0 Å². The van der Waals surface area contributed by atoms with E-state index in [1.165, 1.54) is 11.3 Å². The Hall–Kier alpha value is -1.63. The first kappa shape index (κ1) is 14.4. The Bertz CT molecular complexity index is 412. The van der Waals surface area contributed by atoms with Crippen molar-refractivity contribution in [3.8, 4) is 0 Å². The van der Waals surface area contributed by atoms with Gasteiger partial charge in [-0.15, -0.1) is 11.3 Å². The third-order valence-electron chi connectivity index (χ3n) is 2.30. The molecule has 2 amide bonds. The number of hydrogen-bond donors (Lipinski definition) is 3. The van der Waals surface area contributed by atoms with E-state index in [4.69, 9.17) is 5.11 Å². The average molecular weight is 271 g/mol. The molecule has 1 rings (SSSR count). The van der Waals surface area contributed by atoms with E-state index in [1.54, 1.807) is 32.5 Å². The standard InChI is InChI=1S/C11H17N3O3S/c1-11(2,3)8(9(15)16)14-10(17)13-5-7-4-12-6-18-7/h4,6,8H,5H2,1-3H3,(H,15,16)(H2,13,14,17). The highest BCUT2D eigenvalue weighted by molar-refractivity contribution is 7.09. The molecule has 1 unspecified atom stereocenters. The number of aliphatic carboxylic acids is 1. The van der Waals surface area contributed by atoms with Crippen LogP contribution in [0, 0.1) is 5.41 Å². The number of urea groups is 1. The first-order valence-electron chi connectivity index (χ1n) is 5.45. The molecular weight excluding hydrogens is 254 g/mol. The van der Waals surface area contributed by atoms with E-state index in [2.05, 4.69) is 15.6 Å². The van der Waals surface area contributed by atoms with E-state index in [0.29, 0.717) is 6.54 Å². The summed E-state index contributed by atoms with van der Waals surface area (Å²) in [6.07, 6.45) is 1.66. The van der Waals surface area contributed by atoms with Crippen molar-refractivity contribution in [1.29, 1.82) is 0 Å². The van der Waals surface area contributed by atoms with Gasteiger partial charge in [0.2, 0.25) is 0 Å². The van der Waals surface area contributed by atoms with Crippen LogP contribution in [0.4, 0.5) is 4.79 Å². The number of rotatable bonds is 4. The monoisotopic (exact) mass is 271 g/mol. The zero-order valence-corrected chi connectivity index (χ0v) is 11.4. The number of hydrogen-bond acceptors (Lipinski definition) is 4. The zero-order valence-electron chi connectivity index (χ0n) is 10.6. The molecule has 1 aromatic heterocycles. The van der Waals surface area contributed by atoms with Crippen molar-refractivity contribution in [2.45, 2.75) is 33.4 Å². The molecule has 3 N–H and O–H groups in total. The van der Waals surface area contributed by atoms with Crippen LogP contribution in [-0.2, 0) is 11.3 Å². The van der Waals surface area contributed by atoms with Gasteiger partial charge in [0.05, 0.1) is 12.1 Å². The van der Waals surface area contributed by atoms with Crippen molar-refractivity contribution in [3.63, 3.8) is 0 Å². The Balaban J connectivity index is 2.49. The van der Waals surface area contributed by atoms with Crippen molar-refractivity contribution in [3.05, 3.63) is 16.6 Å². The Morgan fingerprint density at radius 1 is 1.50 bits per heavy atom. The highest BCUT2D eigenvalue weighted by Crippen LogP contribution is 2.19. The molecule has 1 atom stereocenters. The lowest BCUT2D eigenvalue weighted by molar-refractivity contribution is -0.141. The van der Waals surface area contributed by atoms with Gasteiger partial charge < -0.3 is 15.7 Å². The summed E-state index contributed by atoms with van der Waals surface area (Å²) in [5.41, 5.74) is 1.12. The van der Waals surface area contributed by atoms with Crippen LogP contribution in [0.2, 0.25) is 0 Å². The maximum absolute atomic E-state index is 11.6. The maximum Gasteiger partial charge on any atom is 0.326 e. The van der Waals surface area contributed by atoms with Crippen LogP contribution >= 0.6 is 11.3 Å². The predicted molar refractivity (Wildman–Crippen MR) is 68.4 cm³/mol. The van der Waals surface area contributed by atoms with Crippen molar-refractivity contribution in [2.24, 2.45) is 5.41 Å². The van der Waals surface area contributed by atoms with Gasteiger partial charge in [0, 0.05) is 11.1 Å². The van der Waals surface area contributed by atoms with Crippen LogP contribution in [0.15, 0.2) is 11.7 Å². The molecule has 6 nitrogen and oxygen atoms in total. The normalized spacial score (nSPS) is 12.8. The number of nitrogens with zero attached hydrogens (tertiary/aromatic N) is 1. The minimum absolute atomic E-state index is 0.340. The smallest absolute Gasteiger partial charge is 0.326 e. The molecule has 0 radical (unpaired) electrons. The number of carbonyl (C=O) groups is 2. The second-order valence-corrected chi connectivity index (χ2v) is 5.90. The van der Waals surface area contributed by atoms with E-state index in [9.17, 15) is 9.59 Å². The topological polar surface area (TPSA) is 91.3 Å². The average Bonchev–Trinajstić information content (AvgIpc) is 2.73. The van der Waals surface area contributed by atoms with Crippen molar-refractivity contribution in [2.75, 3.05) is 0 Å². The highest BCUT2D eigenvalue weighted by atomic mass is 32.1. The highest BCUT2D eigenvalue weighted by Gasteiger charge is 2.32. The van der Waals surface area contributed by atoms with Gasteiger partial charge in [0.25, 0.3) is 0 Å². The van der Waals surface area contributed by atoms with Crippen LogP contribution in [0.1, 0.15) is 25.6 Å². The van der Waals surface area contributed by atoms with Gasteiger partial charge in [-0.3, -0.25) is 4.98 Å². The molecule has 0 saturated heterocycles. The zero-order chi connectivity index (χ0) is 13.8. The fourth-order valence-corrected chi connectivity index (χ4v) is 1.86. The summed E-state index contributed by atoms with van der Waals surface area (Å²) in [6.45, 7) is 5.62. The molecule has 0 aliphatic rings. The van der Waals surface area contributed by atoms with E-state index < -0.39 is 23.5 Å². The molecule has 7 heteroatoms. The number of amides is 2. The molecular formula is C11H17N3O3S. The lowest BCUT2D eigenvalue weighted by atomic mass is 9.87. The Kier molecular flexibility index (Phi) is 4.66. The molecule has 1 aromatic rings. The fourth-order valence-electron chi connectivity index (χ4n) is 1.33. The van der Waals surface area contributed by atoms with Gasteiger partial charge in [-0.05, 0) is 5.41 Å². The Labute approximate surface area is 109 Å². The summed E-state index contributed by atoms with van der Waals surface area (Å²) in [6, 6.07) is -1.43. The SMILES string of the molecule is CC(C)(C)C(NC(=O)NCc1cncs1)C(=O)O. The maximum atomic E-state index is 11.6. The summed E-state index contributed by atoms with van der Waals surface area (Å²) in [4.78, 5) is 27.5. The summed E-state index contributed by atoms with van der Waals surface area (Å²) in [5.74, 6) is -1.05. The van der Waals surface area contributed by atoms with Crippen molar-refractivity contribution < 1.29 is 14.7 Å². The Morgan fingerprint density at radius 3 is 2.61 bits per heavy atom. The van der Waals surface area contributed by atoms with Crippen LogP contribution in [0.3, 0.4) is 0 Å². The fraction of sp³-hybridized carbons (Fsp3) is 0.545. The van der Waals surface area contributed by atoms with Gasteiger partial charge >= 0.3 is 12.0 Å². The lowest BCUT2D eigenvalue weighted by Crippen LogP contribution is -2.52.